The number of anilines is 1. The molecule has 2 aromatic rings. The molecule has 1 heterocycles. The van der Waals surface area contributed by atoms with Crippen molar-refractivity contribution in [2.45, 2.75) is 6.10 Å². The zero-order valence-corrected chi connectivity index (χ0v) is 11.5. The van der Waals surface area contributed by atoms with E-state index in [-0.39, 0.29) is 18.4 Å². The summed E-state index contributed by atoms with van der Waals surface area (Å²) in [6.07, 6.45) is 2.26. The highest BCUT2D eigenvalue weighted by Gasteiger charge is 2.15. The number of nitrogens with zero attached hydrogens (tertiary/aromatic N) is 2. The van der Waals surface area contributed by atoms with Crippen molar-refractivity contribution in [3.05, 3.63) is 60.2 Å². The molecule has 0 unspecified atom stereocenters. The molecule has 0 aliphatic carbocycles. The molecule has 2 rings (SSSR count). The number of halogens is 1. The predicted octanol–water partition coefficient (Wildman–Crippen LogP) is 2.42. The highest BCUT2D eigenvalue weighted by atomic mass is 19.1. The van der Waals surface area contributed by atoms with E-state index in [1.807, 2.05) is 0 Å². The zero-order valence-electron chi connectivity index (χ0n) is 11.5. The van der Waals surface area contributed by atoms with Gasteiger partial charge in [0.2, 0.25) is 0 Å². The fourth-order valence-electron chi connectivity index (χ4n) is 1.79. The standard InChI is InChI=1S/C15H16FN3O2/c1-19(15(21)18-13-3-2-8-17-9-13)10-14(20)11-4-6-12(16)7-5-11/h2-9,14,20H,10H2,1H3,(H,18,21)/t14-/m1/s1. The van der Waals surface area contributed by atoms with Crippen molar-refractivity contribution in [2.75, 3.05) is 18.9 Å². The van der Waals surface area contributed by atoms with Gasteiger partial charge in [-0.2, -0.15) is 0 Å². The first kappa shape index (κ1) is 14.9. The predicted molar refractivity (Wildman–Crippen MR) is 77.2 cm³/mol. The monoisotopic (exact) mass is 289 g/mol. The van der Waals surface area contributed by atoms with Crippen LogP contribution in [0, 0.1) is 5.82 Å². The van der Waals surface area contributed by atoms with Crippen LogP contribution in [0.1, 0.15) is 11.7 Å². The number of amides is 2. The molecule has 0 aliphatic heterocycles. The number of rotatable bonds is 4. The van der Waals surface area contributed by atoms with Crippen LogP contribution in [0.25, 0.3) is 0 Å². The number of hydrogen-bond donors (Lipinski definition) is 2. The summed E-state index contributed by atoms with van der Waals surface area (Å²) in [5.74, 6) is -0.367. The smallest absolute Gasteiger partial charge is 0.321 e. The lowest BCUT2D eigenvalue weighted by molar-refractivity contribution is 0.136. The van der Waals surface area contributed by atoms with Gasteiger partial charge in [0.1, 0.15) is 5.82 Å². The molecule has 0 saturated carbocycles. The normalized spacial score (nSPS) is 11.8. The number of aliphatic hydroxyl groups excluding tert-OH is 1. The second-order valence-corrected chi connectivity index (χ2v) is 4.62. The Morgan fingerprint density at radius 3 is 2.71 bits per heavy atom. The molecule has 1 aromatic heterocycles. The summed E-state index contributed by atoms with van der Waals surface area (Å²) in [5, 5.41) is 12.7. The van der Waals surface area contributed by atoms with Crippen LogP contribution in [-0.2, 0) is 0 Å². The van der Waals surface area contributed by atoms with Crippen LogP contribution in [0.3, 0.4) is 0 Å². The van der Waals surface area contributed by atoms with Gasteiger partial charge >= 0.3 is 6.03 Å². The van der Waals surface area contributed by atoms with Gasteiger partial charge in [0, 0.05) is 13.2 Å². The summed E-state index contributed by atoms with van der Waals surface area (Å²) in [4.78, 5) is 17.2. The number of aromatic nitrogens is 1. The summed E-state index contributed by atoms with van der Waals surface area (Å²) < 4.78 is 12.8. The molecule has 2 N–H and O–H groups in total. The van der Waals surface area contributed by atoms with E-state index in [0.717, 1.165) is 0 Å². The van der Waals surface area contributed by atoms with Crippen molar-refractivity contribution in [3.8, 4) is 0 Å². The molecule has 0 spiro atoms. The van der Waals surface area contributed by atoms with Crippen molar-refractivity contribution in [1.29, 1.82) is 0 Å². The Morgan fingerprint density at radius 2 is 2.10 bits per heavy atom. The summed E-state index contributed by atoms with van der Waals surface area (Å²) in [7, 11) is 1.57. The van der Waals surface area contributed by atoms with Crippen molar-refractivity contribution in [3.63, 3.8) is 0 Å². The second kappa shape index (κ2) is 6.81. The summed E-state index contributed by atoms with van der Waals surface area (Å²) in [5.41, 5.74) is 1.13. The summed E-state index contributed by atoms with van der Waals surface area (Å²) in [6, 6.07) is 8.60. The Labute approximate surface area is 122 Å². The molecule has 1 aromatic carbocycles. The maximum Gasteiger partial charge on any atom is 0.321 e. The molecule has 0 fully saturated rings. The molecule has 5 nitrogen and oxygen atoms in total. The summed E-state index contributed by atoms with van der Waals surface area (Å²) >= 11 is 0. The molecule has 6 heteroatoms. The average molecular weight is 289 g/mol. The van der Waals surface area contributed by atoms with Crippen LogP contribution in [0.15, 0.2) is 48.8 Å². The van der Waals surface area contributed by atoms with E-state index in [0.29, 0.717) is 11.3 Å². The molecule has 1 atom stereocenters. The molecule has 0 aliphatic rings. The first-order chi connectivity index (χ1) is 10.1. The zero-order chi connectivity index (χ0) is 15.2. The van der Waals surface area contributed by atoms with Gasteiger partial charge in [0.25, 0.3) is 0 Å². The van der Waals surface area contributed by atoms with Crippen LogP contribution in [0.4, 0.5) is 14.9 Å². The third-order valence-electron chi connectivity index (χ3n) is 2.96. The molecular formula is C15H16FN3O2. The van der Waals surface area contributed by atoms with Gasteiger partial charge in [-0.1, -0.05) is 12.1 Å². The number of urea groups is 1. The fraction of sp³-hybridized carbons (Fsp3) is 0.200. The number of pyridine rings is 1. The topological polar surface area (TPSA) is 65.5 Å². The van der Waals surface area contributed by atoms with E-state index in [1.165, 1.54) is 35.4 Å². The van der Waals surface area contributed by atoms with Crippen LogP contribution in [0.2, 0.25) is 0 Å². The molecule has 0 radical (unpaired) electrons. The van der Waals surface area contributed by atoms with E-state index in [9.17, 15) is 14.3 Å². The SMILES string of the molecule is CN(C[C@@H](O)c1ccc(F)cc1)C(=O)Nc1cccnc1. The highest BCUT2D eigenvalue weighted by molar-refractivity contribution is 5.88. The lowest BCUT2D eigenvalue weighted by atomic mass is 10.1. The van der Waals surface area contributed by atoms with E-state index >= 15 is 0 Å². The number of carbonyl (C=O) groups excluding carboxylic acids is 1. The minimum atomic E-state index is -0.879. The third-order valence-corrected chi connectivity index (χ3v) is 2.96. The minimum absolute atomic E-state index is 0.0950. The Hall–Kier alpha value is -2.47. The number of carbonyl (C=O) groups is 1. The molecular weight excluding hydrogens is 273 g/mol. The second-order valence-electron chi connectivity index (χ2n) is 4.62. The van der Waals surface area contributed by atoms with Gasteiger partial charge in [-0.3, -0.25) is 4.98 Å². The van der Waals surface area contributed by atoms with Gasteiger partial charge in [-0.05, 0) is 29.8 Å². The van der Waals surface area contributed by atoms with Crippen molar-refractivity contribution in [1.82, 2.24) is 9.88 Å². The fourth-order valence-corrected chi connectivity index (χ4v) is 1.79. The number of nitrogens with one attached hydrogen (secondary N) is 1. The van der Waals surface area contributed by atoms with Crippen molar-refractivity contribution < 1.29 is 14.3 Å². The van der Waals surface area contributed by atoms with Crippen molar-refractivity contribution >= 4 is 11.7 Å². The first-order valence-electron chi connectivity index (χ1n) is 6.42. The average Bonchev–Trinajstić information content (AvgIpc) is 2.48. The van der Waals surface area contributed by atoms with Gasteiger partial charge in [0.15, 0.2) is 0 Å². The first-order valence-corrected chi connectivity index (χ1v) is 6.42. The van der Waals surface area contributed by atoms with Gasteiger partial charge in [0.05, 0.1) is 24.5 Å². The van der Waals surface area contributed by atoms with Gasteiger partial charge in [-0.15, -0.1) is 0 Å². The Morgan fingerprint density at radius 1 is 1.38 bits per heavy atom. The maximum atomic E-state index is 12.8. The Kier molecular flexibility index (Phi) is 4.84. The Bertz CT molecular complexity index is 590. The van der Waals surface area contributed by atoms with Crippen LogP contribution < -0.4 is 5.32 Å². The molecule has 0 bridgehead atoms. The molecule has 110 valence electrons. The van der Waals surface area contributed by atoms with Crippen LogP contribution >= 0.6 is 0 Å². The van der Waals surface area contributed by atoms with E-state index < -0.39 is 6.10 Å². The maximum absolute atomic E-state index is 12.8. The highest BCUT2D eigenvalue weighted by Crippen LogP contribution is 2.15. The van der Waals surface area contributed by atoms with E-state index in [1.54, 1.807) is 25.4 Å². The molecule has 21 heavy (non-hydrogen) atoms. The Balaban J connectivity index is 1.92. The summed E-state index contributed by atoms with van der Waals surface area (Å²) in [6.45, 7) is 0.0950. The van der Waals surface area contributed by atoms with Crippen LogP contribution in [0.5, 0.6) is 0 Å². The van der Waals surface area contributed by atoms with Crippen LogP contribution in [-0.4, -0.2) is 34.6 Å². The lowest BCUT2D eigenvalue weighted by Gasteiger charge is -2.21. The number of benzene rings is 1. The number of hydrogen-bond acceptors (Lipinski definition) is 3. The van der Waals surface area contributed by atoms with Gasteiger partial charge in [-0.25, -0.2) is 9.18 Å². The van der Waals surface area contributed by atoms with Gasteiger partial charge < -0.3 is 15.3 Å². The molecule has 2 amide bonds. The van der Waals surface area contributed by atoms with E-state index in [2.05, 4.69) is 10.3 Å². The minimum Gasteiger partial charge on any atom is -0.387 e. The number of likely N-dealkylation sites (N-methyl/N-ethyl adjacent to an activating group) is 1. The third kappa shape index (κ3) is 4.25. The van der Waals surface area contributed by atoms with Crippen molar-refractivity contribution in [2.24, 2.45) is 0 Å². The molecule has 0 saturated heterocycles. The quantitative estimate of drug-likeness (QED) is 0.908. The largest absolute Gasteiger partial charge is 0.387 e. The van der Waals surface area contributed by atoms with E-state index in [4.69, 9.17) is 0 Å². The lowest BCUT2D eigenvalue weighted by Crippen LogP contribution is -2.34. The number of aliphatic hydroxyl groups is 1.